The third-order valence-corrected chi connectivity index (χ3v) is 6.67. The number of nitrogens with one attached hydrogen (secondary N) is 3. The van der Waals surface area contributed by atoms with Gasteiger partial charge in [-0.25, -0.2) is 0 Å². The average Bonchev–Trinajstić information content (AvgIpc) is 3.30. The molecule has 3 atom stereocenters. The summed E-state index contributed by atoms with van der Waals surface area (Å²) < 4.78 is 0. The quantitative estimate of drug-likeness (QED) is 0.424. The van der Waals surface area contributed by atoms with Gasteiger partial charge < -0.3 is 25.8 Å². The first-order valence-electron chi connectivity index (χ1n) is 12.8. The van der Waals surface area contributed by atoms with E-state index in [1.54, 1.807) is 18.9 Å². The fourth-order valence-electron chi connectivity index (χ4n) is 4.32. The fraction of sp³-hybridized carbons (Fsp3) is 0.630. The van der Waals surface area contributed by atoms with Crippen molar-refractivity contribution in [2.75, 3.05) is 33.2 Å². The summed E-state index contributed by atoms with van der Waals surface area (Å²) in [5.74, 6) is -0.789. The van der Waals surface area contributed by atoms with Crippen LogP contribution in [0.2, 0.25) is 0 Å². The van der Waals surface area contributed by atoms with Crippen molar-refractivity contribution in [3.8, 4) is 0 Å². The summed E-state index contributed by atoms with van der Waals surface area (Å²) in [4.78, 5) is 54.3. The highest BCUT2D eigenvalue weighted by Crippen LogP contribution is 2.26. The predicted molar refractivity (Wildman–Crippen MR) is 140 cm³/mol. The number of carbonyl (C=O) groups excluding carboxylic acids is 4. The molecule has 1 aromatic rings. The number of amides is 4. The molecule has 2 rings (SSSR count). The number of rotatable bonds is 11. The number of benzene rings is 1. The molecule has 0 bridgehead atoms. The van der Waals surface area contributed by atoms with E-state index in [9.17, 15) is 19.2 Å². The van der Waals surface area contributed by atoms with Gasteiger partial charge in [0, 0.05) is 32.6 Å². The molecular weight excluding hydrogens is 458 g/mol. The van der Waals surface area contributed by atoms with E-state index in [1.165, 1.54) is 6.92 Å². The second kappa shape index (κ2) is 13.4. The van der Waals surface area contributed by atoms with E-state index in [4.69, 9.17) is 0 Å². The first-order valence-corrected chi connectivity index (χ1v) is 12.8. The van der Waals surface area contributed by atoms with Crippen molar-refractivity contribution in [2.45, 2.75) is 72.0 Å². The molecule has 1 aliphatic heterocycles. The van der Waals surface area contributed by atoms with Crippen LogP contribution in [0.25, 0.3) is 0 Å². The number of nitrogens with zero attached hydrogens (tertiary/aromatic N) is 2. The van der Waals surface area contributed by atoms with Crippen LogP contribution in [0, 0.1) is 5.41 Å². The summed E-state index contributed by atoms with van der Waals surface area (Å²) >= 11 is 0. The Labute approximate surface area is 215 Å². The second-order valence-corrected chi connectivity index (χ2v) is 10.6. The molecule has 1 heterocycles. The Balaban J connectivity index is 2.18. The van der Waals surface area contributed by atoms with Crippen LogP contribution in [0.15, 0.2) is 30.3 Å². The van der Waals surface area contributed by atoms with E-state index in [2.05, 4.69) is 16.0 Å². The highest BCUT2D eigenvalue weighted by Gasteiger charge is 2.40. The number of likely N-dealkylation sites (tertiary alicyclic amines) is 1. The summed E-state index contributed by atoms with van der Waals surface area (Å²) in [6.07, 6.45) is 2.29. The van der Waals surface area contributed by atoms with Crippen LogP contribution >= 0.6 is 0 Å². The third-order valence-electron chi connectivity index (χ3n) is 6.67. The van der Waals surface area contributed by atoms with E-state index in [-0.39, 0.29) is 36.2 Å². The summed E-state index contributed by atoms with van der Waals surface area (Å²) in [5, 5.41) is 8.45. The first kappa shape index (κ1) is 29.3. The Bertz CT molecular complexity index is 899. The fourth-order valence-corrected chi connectivity index (χ4v) is 4.32. The van der Waals surface area contributed by atoms with Gasteiger partial charge in [-0.15, -0.1) is 0 Å². The zero-order valence-corrected chi connectivity index (χ0v) is 22.6. The van der Waals surface area contributed by atoms with Crippen molar-refractivity contribution >= 4 is 23.6 Å². The molecule has 1 aliphatic rings. The molecule has 1 fully saturated rings. The van der Waals surface area contributed by atoms with Gasteiger partial charge in [-0.2, -0.15) is 0 Å². The minimum absolute atomic E-state index is 0.0760. The van der Waals surface area contributed by atoms with Crippen molar-refractivity contribution in [1.82, 2.24) is 25.8 Å². The molecule has 9 heteroatoms. The molecule has 4 amide bonds. The Morgan fingerprint density at radius 3 is 2.39 bits per heavy atom. The third kappa shape index (κ3) is 8.62. The standard InChI is InChI=1S/C27H43N5O4/c1-19(28-6)25(35)30-24(27(3,4)5)26(36)32-15-10-13-22(32)18-31(23(34)17-29-20(2)33)16-14-21-11-8-7-9-12-21/h7-9,11-12,19,22,24,28H,10,13-18H2,1-6H3,(H,29,33)(H,30,35)/t19-,22-,24+/m0/s1. The maximum absolute atomic E-state index is 13.7. The Morgan fingerprint density at radius 2 is 1.81 bits per heavy atom. The molecule has 36 heavy (non-hydrogen) atoms. The molecule has 0 spiro atoms. The minimum Gasteiger partial charge on any atom is -0.347 e. The Hall–Kier alpha value is -2.94. The molecule has 0 unspecified atom stereocenters. The van der Waals surface area contributed by atoms with Gasteiger partial charge in [0.1, 0.15) is 6.04 Å². The van der Waals surface area contributed by atoms with Crippen LogP contribution in [0.4, 0.5) is 0 Å². The summed E-state index contributed by atoms with van der Waals surface area (Å²) in [5.41, 5.74) is 0.630. The van der Waals surface area contributed by atoms with Gasteiger partial charge in [0.15, 0.2) is 0 Å². The summed E-state index contributed by atoms with van der Waals surface area (Å²) in [6, 6.07) is 8.66. The number of hydrogen-bond donors (Lipinski definition) is 3. The topological polar surface area (TPSA) is 111 Å². The molecular formula is C27H43N5O4. The maximum Gasteiger partial charge on any atom is 0.246 e. The number of likely N-dealkylation sites (N-methyl/N-ethyl adjacent to an activating group) is 1. The largest absolute Gasteiger partial charge is 0.347 e. The number of hydrogen-bond acceptors (Lipinski definition) is 5. The van der Waals surface area contributed by atoms with Gasteiger partial charge >= 0.3 is 0 Å². The molecule has 3 N–H and O–H groups in total. The van der Waals surface area contributed by atoms with Crippen molar-refractivity contribution < 1.29 is 19.2 Å². The molecule has 0 radical (unpaired) electrons. The van der Waals surface area contributed by atoms with Gasteiger partial charge in [-0.05, 0) is 44.2 Å². The van der Waals surface area contributed by atoms with Gasteiger partial charge in [0.05, 0.1) is 12.6 Å². The average molecular weight is 502 g/mol. The van der Waals surface area contributed by atoms with Gasteiger partial charge in [-0.3, -0.25) is 19.2 Å². The lowest BCUT2D eigenvalue weighted by Gasteiger charge is -2.37. The molecule has 9 nitrogen and oxygen atoms in total. The van der Waals surface area contributed by atoms with Crippen molar-refractivity contribution in [1.29, 1.82) is 0 Å². The van der Waals surface area contributed by atoms with Gasteiger partial charge in [-0.1, -0.05) is 51.1 Å². The van der Waals surface area contributed by atoms with Crippen LogP contribution in [0.3, 0.4) is 0 Å². The van der Waals surface area contributed by atoms with E-state index in [1.807, 2.05) is 56.0 Å². The normalized spacial score (nSPS) is 17.3. The van der Waals surface area contributed by atoms with Crippen LogP contribution < -0.4 is 16.0 Å². The summed E-state index contributed by atoms with van der Waals surface area (Å²) in [6.45, 7) is 10.3. The first-order chi connectivity index (χ1) is 16.9. The molecule has 0 aromatic heterocycles. The lowest BCUT2D eigenvalue weighted by molar-refractivity contribution is -0.142. The van der Waals surface area contributed by atoms with Crippen LogP contribution in [-0.4, -0.2) is 84.8 Å². The van der Waals surface area contributed by atoms with E-state index in [0.29, 0.717) is 26.1 Å². The predicted octanol–water partition coefficient (Wildman–Crippen LogP) is 1.32. The Morgan fingerprint density at radius 1 is 1.14 bits per heavy atom. The zero-order chi connectivity index (χ0) is 26.9. The lowest BCUT2D eigenvalue weighted by Crippen LogP contribution is -2.59. The Kier molecular flexibility index (Phi) is 10.9. The van der Waals surface area contributed by atoms with Crippen LogP contribution in [0.5, 0.6) is 0 Å². The molecule has 0 saturated carbocycles. The van der Waals surface area contributed by atoms with Crippen LogP contribution in [0.1, 0.15) is 53.0 Å². The highest BCUT2D eigenvalue weighted by molar-refractivity contribution is 5.90. The van der Waals surface area contributed by atoms with Gasteiger partial charge in [0.2, 0.25) is 23.6 Å². The monoisotopic (exact) mass is 501 g/mol. The van der Waals surface area contributed by atoms with Crippen molar-refractivity contribution in [2.24, 2.45) is 5.41 Å². The van der Waals surface area contributed by atoms with E-state index < -0.39 is 17.5 Å². The van der Waals surface area contributed by atoms with E-state index >= 15 is 0 Å². The van der Waals surface area contributed by atoms with E-state index in [0.717, 1.165) is 18.4 Å². The van der Waals surface area contributed by atoms with Crippen LogP contribution in [-0.2, 0) is 25.6 Å². The lowest BCUT2D eigenvalue weighted by atomic mass is 9.85. The molecule has 200 valence electrons. The minimum atomic E-state index is -0.686. The molecule has 1 aromatic carbocycles. The highest BCUT2D eigenvalue weighted by atomic mass is 16.2. The molecule has 1 saturated heterocycles. The zero-order valence-electron chi connectivity index (χ0n) is 22.6. The summed E-state index contributed by atoms with van der Waals surface area (Å²) in [7, 11) is 1.71. The SMILES string of the molecule is CN[C@@H](C)C(=O)N[C@H](C(=O)N1CCC[C@H]1CN(CCc1ccccc1)C(=O)CNC(C)=O)C(C)(C)C. The number of carbonyl (C=O) groups is 4. The van der Waals surface area contributed by atoms with Crippen molar-refractivity contribution in [3.05, 3.63) is 35.9 Å². The second-order valence-electron chi connectivity index (χ2n) is 10.6. The molecule has 0 aliphatic carbocycles. The maximum atomic E-state index is 13.7. The smallest absolute Gasteiger partial charge is 0.246 e. The van der Waals surface area contributed by atoms with Gasteiger partial charge in [0.25, 0.3) is 0 Å². The van der Waals surface area contributed by atoms with Crippen molar-refractivity contribution in [3.63, 3.8) is 0 Å².